The zero-order chi connectivity index (χ0) is 17.3. The zero-order valence-corrected chi connectivity index (χ0v) is 15.1. The number of ether oxygens (including phenoxy) is 1. The van der Waals surface area contributed by atoms with Gasteiger partial charge >= 0.3 is 0 Å². The number of benzene rings is 1. The molecule has 126 valence electrons. The Morgan fingerprint density at radius 2 is 2.12 bits per heavy atom. The van der Waals surface area contributed by atoms with Crippen molar-refractivity contribution in [2.24, 2.45) is 0 Å². The Morgan fingerprint density at radius 3 is 2.88 bits per heavy atom. The topological polar surface area (TPSA) is 42.4 Å². The molecule has 24 heavy (non-hydrogen) atoms. The van der Waals surface area contributed by atoms with Crippen molar-refractivity contribution < 1.29 is 9.53 Å². The first-order chi connectivity index (χ1) is 11.5. The zero-order valence-electron chi connectivity index (χ0n) is 13.6. The quantitative estimate of drug-likeness (QED) is 0.823. The second kappa shape index (κ2) is 6.99. The molecule has 0 fully saturated rings. The lowest BCUT2D eigenvalue weighted by Crippen LogP contribution is -2.39. The summed E-state index contributed by atoms with van der Waals surface area (Å²) in [4.78, 5) is 18.7. The van der Waals surface area contributed by atoms with E-state index < -0.39 is 0 Å². The van der Waals surface area contributed by atoms with E-state index in [-0.39, 0.29) is 24.2 Å². The maximum absolute atomic E-state index is 12.8. The van der Waals surface area contributed by atoms with Crippen LogP contribution < -0.4 is 4.74 Å². The molecule has 3 rings (SSSR count). The highest BCUT2D eigenvalue weighted by Crippen LogP contribution is 2.34. The van der Waals surface area contributed by atoms with Crippen LogP contribution in [-0.4, -0.2) is 29.4 Å². The van der Waals surface area contributed by atoms with Gasteiger partial charge in [-0.1, -0.05) is 47.5 Å². The summed E-state index contributed by atoms with van der Waals surface area (Å²) in [5.41, 5.74) is 3.05. The Balaban J connectivity index is 1.84. The minimum atomic E-state index is -0.00550. The summed E-state index contributed by atoms with van der Waals surface area (Å²) in [6.45, 7) is 2.74. The number of fused-ring (bicyclic) bond motifs is 1. The molecule has 1 aliphatic heterocycles. The molecule has 4 nitrogen and oxygen atoms in total. The highest BCUT2D eigenvalue weighted by atomic mass is 35.5. The van der Waals surface area contributed by atoms with Crippen LogP contribution in [0.3, 0.4) is 0 Å². The number of carbonyl (C=O) groups is 1. The number of nitrogens with zero attached hydrogens (tertiary/aromatic N) is 2. The normalized spacial score (nSPS) is 16.7. The molecule has 0 saturated heterocycles. The number of methoxy groups -OCH3 is 1. The van der Waals surface area contributed by atoms with Crippen LogP contribution in [0.5, 0.6) is 5.88 Å². The van der Waals surface area contributed by atoms with Gasteiger partial charge < -0.3 is 9.64 Å². The van der Waals surface area contributed by atoms with Crippen molar-refractivity contribution in [2.45, 2.75) is 25.8 Å². The van der Waals surface area contributed by atoms with Gasteiger partial charge in [0.05, 0.1) is 24.6 Å². The predicted octanol–water partition coefficient (Wildman–Crippen LogP) is 4.09. The second-order valence-corrected chi connectivity index (χ2v) is 6.58. The maximum atomic E-state index is 12.8. The molecule has 6 heteroatoms. The van der Waals surface area contributed by atoms with Gasteiger partial charge in [0.25, 0.3) is 0 Å². The first kappa shape index (κ1) is 17.1. The van der Waals surface area contributed by atoms with Crippen molar-refractivity contribution in [1.29, 1.82) is 0 Å². The Hall–Kier alpha value is -1.78. The number of hydrogen-bond donors (Lipinski definition) is 0. The summed E-state index contributed by atoms with van der Waals surface area (Å²) in [6, 6.07) is 8.27. The fraction of sp³-hybridized carbons (Fsp3) is 0.333. The number of carbonyl (C=O) groups excluding carboxylic acids is 1. The van der Waals surface area contributed by atoms with Crippen LogP contribution in [0.4, 0.5) is 0 Å². The molecule has 1 unspecified atom stereocenters. The summed E-state index contributed by atoms with van der Waals surface area (Å²) < 4.78 is 5.11. The largest absolute Gasteiger partial charge is 0.480 e. The van der Waals surface area contributed by atoms with Crippen molar-refractivity contribution in [1.82, 2.24) is 9.88 Å². The smallest absolute Gasteiger partial charge is 0.232 e. The van der Waals surface area contributed by atoms with Gasteiger partial charge in [-0.05, 0) is 24.5 Å². The van der Waals surface area contributed by atoms with Gasteiger partial charge in [0, 0.05) is 18.3 Å². The highest BCUT2D eigenvalue weighted by Gasteiger charge is 2.28. The predicted molar refractivity (Wildman–Crippen MR) is 94.8 cm³/mol. The molecular formula is C18H18Cl2N2O2. The Morgan fingerprint density at radius 1 is 1.38 bits per heavy atom. The lowest BCUT2D eigenvalue weighted by molar-refractivity contribution is -0.133. The second-order valence-electron chi connectivity index (χ2n) is 5.80. The first-order valence-corrected chi connectivity index (χ1v) is 8.52. The Bertz CT molecular complexity index is 780. The molecule has 1 aliphatic rings. The molecule has 0 N–H and O–H groups in total. The van der Waals surface area contributed by atoms with E-state index >= 15 is 0 Å². The minimum Gasteiger partial charge on any atom is -0.480 e. The third-order valence-corrected chi connectivity index (χ3v) is 5.19. The third-order valence-electron chi connectivity index (χ3n) is 4.47. The van der Waals surface area contributed by atoms with Crippen LogP contribution >= 0.6 is 23.2 Å². The van der Waals surface area contributed by atoms with Gasteiger partial charge in [-0.3, -0.25) is 4.79 Å². The van der Waals surface area contributed by atoms with Crippen LogP contribution in [0, 0.1) is 0 Å². The number of aromatic nitrogens is 1. The number of halogens is 2. The van der Waals surface area contributed by atoms with Crippen molar-refractivity contribution >= 4 is 29.1 Å². The fourth-order valence-corrected chi connectivity index (χ4v) is 3.71. The van der Waals surface area contributed by atoms with Crippen LogP contribution in [-0.2, 0) is 17.6 Å². The number of amides is 1. The SMILES string of the molecule is COc1ncc(Cl)c(CC(=O)N2CCc3ccccc3C2C)c1Cl. The van der Waals surface area contributed by atoms with Crippen molar-refractivity contribution in [2.75, 3.05) is 13.7 Å². The summed E-state index contributed by atoms with van der Waals surface area (Å²) in [6.07, 6.45) is 2.44. The van der Waals surface area contributed by atoms with Crippen molar-refractivity contribution in [3.63, 3.8) is 0 Å². The molecular weight excluding hydrogens is 347 g/mol. The number of pyridine rings is 1. The summed E-state index contributed by atoms with van der Waals surface area (Å²) >= 11 is 12.5. The molecule has 1 amide bonds. The van der Waals surface area contributed by atoms with Gasteiger partial charge in [-0.25, -0.2) is 4.98 Å². The average Bonchev–Trinajstić information content (AvgIpc) is 2.59. The van der Waals surface area contributed by atoms with Crippen molar-refractivity contribution in [3.05, 3.63) is 57.2 Å². The molecule has 1 aromatic carbocycles. The molecule has 1 aromatic heterocycles. The maximum Gasteiger partial charge on any atom is 0.232 e. The van der Waals surface area contributed by atoms with E-state index in [0.29, 0.717) is 22.2 Å². The van der Waals surface area contributed by atoms with Crippen LogP contribution in [0.2, 0.25) is 10.0 Å². The standard InChI is InChI=1S/C18H18Cl2N2O2/c1-11-13-6-4-3-5-12(13)7-8-22(11)16(23)9-14-15(19)10-21-18(24-2)17(14)20/h3-6,10-11H,7-9H2,1-2H3. The molecule has 0 aliphatic carbocycles. The third kappa shape index (κ3) is 3.08. The van der Waals surface area contributed by atoms with Crippen LogP contribution in [0.25, 0.3) is 0 Å². The summed E-state index contributed by atoms with van der Waals surface area (Å²) in [7, 11) is 1.48. The fourth-order valence-electron chi connectivity index (χ4n) is 3.15. The molecule has 2 heterocycles. The Kier molecular flexibility index (Phi) is 4.97. The molecule has 1 atom stereocenters. The number of rotatable bonds is 3. The Labute approximate surface area is 151 Å². The van der Waals surface area contributed by atoms with Gasteiger partial charge in [-0.15, -0.1) is 0 Å². The van der Waals surface area contributed by atoms with Gasteiger partial charge in [0.1, 0.15) is 5.02 Å². The monoisotopic (exact) mass is 364 g/mol. The highest BCUT2D eigenvalue weighted by molar-refractivity contribution is 6.36. The van der Waals surface area contributed by atoms with E-state index in [9.17, 15) is 4.79 Å². The van der Waals surface area contributed by atoms with Crippen LogP contribution in [0.1, 0.15) is 29.7 Å². The summed E-state index contributed by atoms with van der Waals surface area (Å²) in [5, 5.41) is 0.669. The van der Waals surface area contributed by atoms with Crippen LogP contribution in [0.15, 0.2) is 30.5 Å². The number of hydrogen-bond acceptors (Lipinski definition) is 3. The molecule has 2 aromatic rings. The lowest BCUT2D eigenvalue weighted by Gasteiger charge is -2.35. The average molecular weight is 365 g/mol. The van der Waals surface area contributed by atoms with Gasteiger partial charge in [0.2, 0.25) is 11.8 Å². The van der Waals surface area contributed by atoms with Gasteiger partial charge in [0.15, 0.2) is 0 Å². The van der Waals surface area contributed by atoms with E-state index in [1.54, 1.807) is 0 Å². The molecule has 0 saturated carbocycles. The first-order valence-electron chi connectivity index (χ1n) is 7.77. The summed E-state index contributed by atoms with van der Waals surface area (Å²) in [5.74, 6) is 0.273. The van der Waals surface area contributed by atoms with E-state index in [4.69, 9.17) is 27.9 Å². The minimum absolute atomic E-state index is 0.00550. The molecule has 0 radical (unpaired) electrons. The van der Waals surface area contributed by atoms with Crippen molar-refractivity contribution in [3.8, 4) is 5.88 Å². The van der Waals surface area contributed by atoms with E-state index in [0.717, 1.165) is 6.42 Å². The van der Waals surface area contributed by atoms with Gasteiger partial charge in [-0.2, -0.15) is 0 Å². The molecule has 0 spiro atoms. The lowest BCUT2D eigenvalue weighted by atomic mass is 9.93. The van der Waals surface area contributed by atoms with E-state index in [1.807, 2.05) is 24.0 Å². The van der Waals surface area contributed by atoms with E-state index in [2.05, 4.69) is 17.1 Å². The molecule has 0 bridgehead atoms. The van der Waals surface area contributed by atoms with E-state index in [1.165, 1.54) is 24.4 Å².